The molecule has 1 aliphatic heterocycles. The number of anilines is 1. The van der Waals surface area contributed by atoms with Gasteiger partial charge in [-0.15, -0.1) is 5.10 Å². The number of hydrogen-bond donors (Lipinski definition) is 0. The van der Waals surface area contributed by atoms with Gasteiger partial charge in [-0.25, -0.2) is 0 Å². The van der Waals surface area contributed by atoms with Gasteiger partial charge in [-0.2, -0.15) is 13.2 Å². The summed E-state index contributed by atoms with van der Waals surface area (Å²) < 4.78 is 40.2. The highest BCUT2D eigenvalue weighted by Gasteiger charge is 2.31. The monoisotopic (exact) mass is 325 g/mol. The van der Waals surface area contributed by atoms with Gasteiger partial charge in [0.05, 0.1) is 17.5 Å². The molecule has 2 heterocycles. The average molecular weight is 325 g/mol. The third-order valence-electron chi connectivity index (χ3n) is 4.10. The van der Waals surface area contributed by atoms with E-state index < -0.39 is 11.7 Å². The van der Waals surface area contributed by atoms with Crippen LogP contribution >= 0.6 is 0 Å². The van der Waals surface area contributed by atoms with E-state index >= 15 is 0 Å². The molecule has 0 amide bonds. The Morgan fingerprint density at radius 3 is 2.48 bits per heavy atom. The molecular weight excluding hydrogens is 307 g/mol. The zero-order valence-corrected chi connectivity index (χ0v) is 12.8. The smallest absolute Gasteiger partial charge is 0.369 e. The quantitative estimate of drug-likeness (QED) is 0.867. The molecule has 0 atom stereocenters. The van der Waals surface area contributed by atoms with E-state index in [2.05, 4.69) is 15.2 Å². The molecule has 0 radical (unpaired) electrons. The second-order valence-corrected chi connectivity index (χ2v) is 5.66. The van der Waals surface area contributed by atoms with Crippen molar-refractivity contribution in [2.24, 2.45) is 7.05 Å². The van der Waals surface area contributed by atoms with Gasteiger partial charge < -0.3 is 4.90 Å². The molecule has 0 N–H and O–H groups in total. The Morgan fingerprint density at radius 1 is 1.13 bits per heavy atom. The molecule has 1 aliphatic rings. The first-order valence-electron chi connectivity index (χ1n) is 7.41. The highest BCUT2D eigenvalue weighted by atomic mass is 19.4. The van der Waals surface area contributed by atoms with Crippen LogP contribution in [0.4, 0.5) is 18.9 Å². The molecule has 1 fully saturated rings. The van der Waals surface area contributed by atoms with Gasteiger partial charge >= 0.3 is 6.18 Å². The van der Waals surface area contributed by atoms with Gasteiger partial charge in [0.1, 0.15) is 0 Å². The zero-order chi connectivity index (χ0) is 16.4. The number of alkyl halides is 3. The predicted molar refractivity (Wildman–Crippen MR) is 79.9 cm³/mol. The maximum Gasteiger partial charge on any atom is 0.416 e. The molecule has 0 saturated carbocycles. The minimum absolute atomic E-state index is 0.599. The summed E-state index contributed by atoms with van der Waals surface area (Å²) >= 11 is 0. The van der Waals surface area contributed by atoms with E-state index in [4.69, 9.17) is 0 Å². The minimum Gasteiger partial charge on any atom is -0.369 e. The Labute approximate surface area is 132 Å². The molecule has 0 unspecified atom stereocenters. The molecule has 0 spiro atoms. The summed E-state index contributed by atoms with van der Waals surface area (Å²) in [5, 5.41) is 7.75. The van der Waals surface area contributed by atoms with Crippen molar-refractivity contribution in [1.29, 1.82) is 0 Å². The van der Waals surface area contributed by atoms with E-state index in [9.17, 15) is 13.2 Å². The van der Waals surface area contributed by atoms with Crippen LogP contribution in [-0.2, 0) is 19.8 Å². The lowest BCUT2D eigenvalue weighted by Gasteiger charge is -2.36. The summed E-state index contributed by atoms with van der Waals surface area (Å²) in [7, 11) is 1.85. The van der Waals surface area contributed by atoms with Crippen LogP contribution in [0.15, 0.2) is 30.5 Å². The van der Waals surface area contributed by atoms with Gasteiger partial charge in [-0.1, -0.05) is 11.3 Å². The molecule has 3 rings (SSSR count). The number of aryl methyl sites for hydroxylation is 1. The standard InChI is InChI=1S/C15H18F3N5/c1-21-14(10-19-20-21)11-22-5-7-23(8-6-22)13-4-2-3-12(9-13)15(16,17)18/h2-4,9-10H,5-8,11H2,1H3. The van der Waals surface area contributed by atoms with Crippen molar-refractivity contribution < 1.29 is 13.2 Å². The van der Waals surface area contributed by atoms with Gasteiger partial charge in [0.25, 0.3) is 0 Å². The largest absolute Gasteiger partial charge is 0.416 e. The summed E-state index contributed by atoms with van der Waals surface area (Å²) in [5.74, 6) is 0. The number of halogens is 3. The Morgan fingerprint density at radius 2 is 1.87 bits per heavy atom. The highest BCUT2D eigenvalue weighted by molar-refractivity contribution is 5.49. The van der Waals surface area contributed by atoms with Crippen LogP contribution in [0.2, 0.25) is 0 Å². The minimum atomic E-state index is -4.30. The first-order valence-corrected chi connectivity index (χ1v) is 7.41. The molecular formula is C15H18F3N5. The van der Waals surface area contributed by atoms with E-state index in [1.807, 2.05) is 11.9 Å². The van der Waals surface area contributed by atoms with E-state index in [0.717, 1.165) is 31.4 Å². The van der Waals surface area contributed by atoms with Crippen molar-refractivity contribution in [2.45, 2.75) is 12.7 Å². The maximum absolute atomic E-state index is 12.8. The highest BCUT2D eigenvalue weighted by Crippen LogP contribution is 2.31. The predicted octanol–water partition coefficient (Wildman–Crippen LogP) is 2.16. The van der Waals surface area contributed by atoms with E-state index in [0.29, 0.717) is 18.8 Å². The molecule has 1 aromatic carbocycles. The Bertz CT molecular complexity index is 659. The fourth-order valence-corrected chi connectivity index (χ4v) is 2.73. The number of piperazine rings is 1. The van der Waals surface area contributed by atoms with Crippen LogP contribution in [0.25, 0.3) is 0 Å². The molecule has 8 heteroatoms. The SMILES string of the molecule is Cn1nncc1CN1CCN(c2cccc(C(F)(F)F)c2)CC1. The maximum atomic E-state index is 12.8. The lowest BCUT2D eigenvalue weighted by molar-refractivity contribution is -0.137. The summed E-state index contributed by atoms with van der Waals surface area (Å²) in [4.78, 5) is 4.25. The first kappa shape index (κ1) is 15.8. The molecule has 1 aromatic heterocycles. The van der Waals surface area contributed by atoms with Crippen molar-refractivity contribution in [2.75, 3.05) is 31.1 Å². The van der Waals surface area contributed by atoms with Crippen LogP contribution in [0.1, 0.15) is 11.3 Å². The summed E-state index contributed by atoms with van der Waals surface area (Å²) in [5.41, 5.74) is 1.05. The van der Waals surface area contributed by atoms with Crippen LogP contribution in [0, 0.1) is 0 Å². The average Bonchev–Trinajstić information content (AvgIpc) is 2.92. The fourth-order valence-electron chi connectivity index (χ4n) is 2.73. The lowest BCUT2D eigenvalue weighted by atomic mass is 10.1. The number of rotatable bonds is 3. The molecule has 0 bridgehead atoms. The third kappa shape index (κ3) is 3.64. The molecule has 23 heavy (non-hydrogen) atoms. The summed E-state index contributed by atoms with van der Waals surface area (Å²) in [6.07, 6.45) is -2.57. The van der Waals surface area contributed by atoms with Crippen molar-refractivity contribution in [3.63, 3.8) is 0 Å². The van der Waals surface area contributed by atoms with Gasteiger partial charge in [0.2, 0.25) is 0 Å². The number of aromatic nitrogens is 3. The Balaban J connectivity index is 1.62. The third-order valence-corrected chi connectivity index (χ3v) is 4.10. The zero-order valence-electron chi connectivity index (χ0n) is 12.8. The normalized spacial score (nSPS) is 16.8. The Hall–Kier alpha value is -2.09. The van der Waals surface area contributed by atoms with Gasteiger partial charge in [0.15, 0.2) is 0 Å². The van der Waals surface area contributed by atoms with Crippen LogP contribution in [0.3, 0.4) is 0 Å². The van der Waals surface area contributed by atoms with Crippen molar-refractivity contribution in [1.82, 2.24) is 19.9 Å². The topological polar surface area (TPSA) is 37.2 Å². The van der Waals surface area contributed by atoms with Crippen LogP contribution < -0.4 is 4.90 Å². The van der Waals surface area contributed by atoms with Crippen molar-refractivity contribution in [3.05, 3.63) is 41.7 Å². The van der Waals surface area contributed by atoms with Gasteiger partial charge in [-0.3, -0.25) is 9.58 Å². The number of nitrogens with zero attached hydrogens (tertiary/aromatic N) is 5. The molecule has 2 aromatic rings. The summed E-state index contributed by atoms with van der Waals surface area (Å²) in [6, 6.07) is 5.53. The summed E-state index contributed by atoms with van der Waals surface area (Å²) in [6.45, 7) is 3.74. The van der Waals surface area contributed by atoms with Gasteiger partial charge in [-0.05, 0) is 18.2 Å². The van der Waals surface area contributed by atoms with Gasteiger partial charge in [0, 0.05) is 45.5 Å². The molecule has 0 aliphatic carbocycles. The van der Waals surface area contributed by atoms with Crippen molar-refractivity contribution >= 4 is 5.69 Å². The first-order chi connectivity index (χ1) is 10.9. The second kappa shape index (κ2) is 6.19. The second-order valence-electron chi connectivity index (χ2n) is 5.66. The molecule has 124 valence electrons. The van der Waals surface area contributed by atoms with Crippen LogP contribution in [0.5, 0.6) is 0 Å². The molecule has 1 saturated heterocycles. The fraction of sp³-hybridized carbons (Fsp3) is 0.467. The van der Waals surface area contributed by atoms with E-state index in [1.165, 1.54) is 12.1 Å². The number of hydrogen-bond acceptors (Lipinski definition) is 4. The lowest BCUT2D eigenvalue weighted by Crippen LogP contribution is -2.46. The van der Waals surface area contributed by atoms with E-state index in [1.54, 1.807) is 16.9 Å². The Kier molecular flexibility index (Phi) is 4.25. The molecule has 5 nitrogen and oxygen atoms in total. The van der Waals surface area contributed by atoms with Crippen molar-refractivity contribution in [3.8, 4) is 0 Å². The van der Waals surface area contributed by atoms with E-state index in [-0.39, 0.29) is 0 Å². The number of benzene rings is 1. The van der Waals surface area contributed by atoms with Crippen LogP contribution in [-0.4, -0.2) is 46.1 Å².